The van der Waals surface area contributed by atoms with Gasteiger partial charge in [0.15, 0.2) is 0 Å². The fourth-order valence-corrected chi connectivity index (χ4v) is 1.68. The molecule has 0 bridgehead atoms. The third kappa shape index (κ3) is 3.95. The lowest BCUT2D eigenvalue weighted by Crippen LogP contribution is -2.00. The Morgan fingerprint density at radius 1 is 1.40 bits per heavy atom. The maximum Gasteiger partial charge on any atom is 0.446 e. The normalized spacial score (nSPS) is 13.6. The summed E-state index contributed by atoms with van der Waals surface area (Å²) in [6, 6.07) is 5.92. The van der Waals surface area contributed by atoms with Gasteiger partial charge in [0.1, 0.15) is 6.29 Å². The number of halogens is 3. The van der Waals surface area contributed by atoms with Crippen molar-refractivity contribution in [3.63, 3.8) is 0 Å². The molecule has 0 radical (unpaired) electrons. The van der Waals surface area contributed by atoms with Crippen LogP contribution in [0.3, 0.4) is 0 Å². The first kappa shape index (κ1) is 12.1. The van der Waals surface area contributed by atoms with E-state index in [1.807, 2.05) is 0 Å². The average molecular weight is 234 g/mol. The number of carbonyl (C=O) groups is 1. The van der Waals surface area contributed by atoms with E-state index in [0.717, 1.165) is 0 Å². The van der Waals surface area contributed by atoms with Gasteiger partial charge in [-0.2, -0.15) is 13.2 Å². The number of carbonyl (C=O) groups excluding carboxylic acids is 1. The van der Waals surface area contributed by atoms with Gasteiger partial charge in [0.2, 0.25) is 0 Å². The third-order valence-electron chi connectivity index (χ3n) is 1.82. The highest BCUT2D eigenvalue weighted by atomic mass is 32.2. The Balaban J connectivity index is 2.88. The zero-order valence-corrected chi connectivity index (χ0v) is 8.73. The van der Waals surface area contributed by atoms with E-state index >= 15 is 0 Å². The predicted molar refractivity (Wildman–Crippen MR) is 52.8 cm³/mol. The predicted octanol–water partition coefficient (Wildman–Crippen LogP) is 3.60. The fraction of sp³-hybridized carbons (Fsp3) is 0.300. The van der Waals surface area contributed by atoms with Gasteiger partial charge in [0.25, 0.3) is 0 Å². The number of alkyl halides is 3. The summed E-state index contributed by atoms with van der Waals surface area (Å²) >= 11 is -0.173. The lowest BCUT2D eigenvalue weighted by molar-refractivity contribution is -0.108. The van der Waals surface area contributed by atoms with Gasteiger partial charge in [-0.05, 0) is 29.5 Å². The van der Waals surface area contributed by atoms with Crippen LogP contribution in [0.4, 0.5) is 13.2 Å². The molecule has 0 aliphatic carbocycles. The highest BCUT2D eigenvalue weighted by molar-refractivity contribution is 8.00. The Bertz CT molecular complexity index is 349. The van der Waals surface area contributed by atoms with Crippen molar-refractivity contribution in [1.29, 1.82) is 0 Å². The third-order valence-corrected chi connectivity index (χ3v) is 2.54. The van der Waals surface area contributed by atoms with Gasteiger partial charge in [0.05, 0.1) is 0 Å². The molecule has 1 nitrogen and oxygen atoms in total. The van der Waals surface area contributed by atoms with E-state index in [1.165, 1.54) is 18.2 Å². The van der Waals surface area contributed by atoms with Crippen molar-refractivity contribution in [2.24, 2.45) is 0 Å². The van der Waals surface area contributed by atoms with Gasteiger partial charge in [-0.1, -0.05) is 19.1 Å². The van der Waals surface area contributed by atoms with E-state index in [2.05, 4.69) is 0 Å². The smallest absolute Gasteiger partial charge is 0.303 e. The van der Waals surface area contributed by atoms with Crippen LogP contribution in [0.25, 0.3) is 0 Å². The van der Waals surface area contributed by atoms with Gasteiger partial charge in [-0.15, -0.1) is 0 Å². The maximum absolute atomic E-state index is 12.0. The maximum atomic E-state index is 12.0. The molecule has 0 aliphatic heterocycles. The molecule has 1 aromatic carbocycles. The second-order valence-electron chi connectivity index (χ2n) is 3.05. The van der Waals surface area contributed by atoms with Crippen molar-refractivity contribution in [1.82, 2.24) is 0 Å². The van der Waals surface area contributed by atoms with Crippen molar-refractivity contribution < 1.29 is 18.0 Å². The highest BCUT2D eigenvalue weighted by Crippen LogP contribution is 2.37. The summed E-state index contributed by atoms with van der Waals surface area (Å²) in [5.41, 5.74) is -3.69. The molecule has 1 aromatic rings. The standard InChI is InChI=1S/C10H9F3OS/c1-7(6-14)8-3-2-4-9(5-8)15-10(11,12)13/h2-7H,1H3. The summed E-state index contributed by atoms with van der Waals surface area (Å²) in [7, 11) is 0. The molecule has 0 saturated carbocycles. The van der Waals surface area contributed by atoms with Crippen molar-refractivity contribution in [3.8, 4) is 0 Å². The average Bonchev–Trinajstić information content (AvgIpc) is 2.14. The molecule has 1 atom stereocenters. The van der Waals surface area contributed by atoms with Crippen LogP contribution in [0, 0.1) is 0 Å². The Kier molecular flexibility index (Phi) is 3.79. The quantitative estimate of drug-likeness (QED) is 0.587. The number of hydrogen-bond donors (Lipinski definition) is 0. The summed E-state index contributed by atoms with van der Waals surface area (Å²) in [4.78, 5) is 10.6. The summed E-state index contributed by atoms with van der Waals surface area (Å²) in [6.07, 6.45) is 0.706. The molecule has 0 aromatic heterocycles. The van der Waals surface area contributed by atoms with Crippen LogP contribution in [0.15, 0.2) is 29.2 Å². The lowest BCUT2D eigenvalue weighted by Gasteiger charge is -2.08. The summed E-state index contributed by atoms with van der Waals surface area (Å²) in [5.74, 6) is -0.376. The minimum Gasteiger partial charge on any atom is -0.303 e. The number of benzene rings is 1. The zero-order valence-electron chi connectivity index (χ0n) is 7.91. The zero-order chi connectivity index (χ0) is 11.5. The Labute approximate surface area is 89.7 Å². The second kappa shape index (κ2) is 4.70. The van der Waals surface area contributed by atoms with Crippen LogP contribution < -0.4 is 0 Å². The fourth-order valence-electron chi connectivity index (χ4n) is 1.07. The van der Waals surface area contributed by atoms with E-state index in [9.17, 15) is 18.0 Å². The van der Waals surface area contributed by atoms with Gasteiger partial charge in [0, 0.05) is 10.8 Å². The first-order valence-electron chi connectivity index (χ1n) is 4.23. The first-order chi connectivity index (χ1) is 6.92. The molecule has 0 spiro atoms. The molecule has 0 amide bonds. The van der Waals surface area contributed by atoms with Crippen molar-refractivity contribution in [3.05, 3.63) is 29.8 Å². The summed E-state index contributed by atoms with van der Waals surface area (Å²) < 4.78 is 36.1. The molecular weight excluding hydrogens is 225 g/mol. The van der Waals surface area contributed by atoms with Crippen LogP contribution in [0.2, 0.25) is 0 Å². The number of thioether (sulfide) groups is 1. The summed E-state index contributed by atoms with van der Waals surface area (Å²) in [6.45, 7) is 1.64. The molecule has 0 heterocycles. The van der Waals surface area contributed by atoms with Crippen molar-refractivity contribution in [2.75, 3.05) is 0 Å². The van der Waals surface area contributed by atoms with E-state index in [0.29, 0.717) is 11.8 Å². The van der Waals surface area contributed by atoms with Gasteiger partial charge in [-0.25, -0.2) is 0 Å². The van der Waals surface area contributed by atoms with Crippen LogP contribution in [0.1, 0.15) is 18.4 Å². The minimum atomic E-state index is -4.29. The second-order valence-corrected chi connectivity index (χ2v) is 4.18. The molecule has 0 fully saturated rings. The molecule has 0 saturated heterocycles. The van der Waals surface area contributed by atoms with E-state index < -0.39 is 5.51 Å². The van der Waals surface area contributed by atoms with Gasteiger partial charge >= 0.3 is 5.51 Å². The van der Waals surface area contributed by atoms with Crippen LogP contribution in [0.5, 0.6) is 0 Å². The van der Waals surface area contributed by atoms with Crippen molar-refractivity contribution >= 4 is 18.0 Å². The van der Waals surface area contributed by atoms with Crippen molar-refractivity contribution in [2.45, 2.75) is 23.2 Å². The van der Waals surface area contributed by atoms with E-state index in [1.54, 1.807) is 13.0 Å². The molecule has 1 rings (SSSR count). The van der Waals surface area contributed by atoms with Crippen LogP contribution >= 0.6 is 11.8 Å². The van der Waals surface area contributed by atoms with E-state index in [4.69, 9.17) is 0 Å². The Hall–Kier alpha value is -0.970. The van der Waals surface area contributed by atoms with Crippen LogP contribution in [-0.2, 0) is 4.79 Å². The van der Waals surface area contributed by atoms with E-state index in [-0.39, 0.29) is 22.6 Å². The largest absolute Gasteiger partial charge is 0.446 e. The number of rotatable bonds is 3. The SMILES string of the molecule is CC(C=O)c1cccc(SC(F)(F)F)c1. The molecular formula is C10H9F3OS. The Morgan fingerprint density at radius 2 is 2.07 bits per heavy atom. The molecule has 82 valence electrons. The summed E-state index contributed by atoms with van der Waals surface area (Å²) in [5, 5.41) is 0. The topological polar surface area (TPSA) is 17.1 Å². The highest BCUT2D eigenvalue weighted by Gasteiger charge is 2.29. The molecule has 0 N–H and O–H groups in total. The van der Waals surface area contributed by atoms with Gasteiger partial charge < -0.3 is 4.79 Å². The molecule has 0 aliphatic rings. The number of aldehydes is 1. The minimum absolute atomic E-state index is 0.105. The Morgan fingerprint density at radius 3 is 2.60 bits per heavy atom. The lowest BCUT2D eigenvalue weighted by atomic mass is 10.0. The van der Waals surface area contributed by atoms with Crippen LogP contribution in [-0.4, -0.2) is 11.8 Å². The molecule has 15 heavy (non-hydrogen) atoms. The molecule has 5 heteroatoms. The first-order valence-corrected chi connectivity index (χ1v) is 5.05. The number of hydrogen-bond acceptors (Lipinski definition) is 2. The molecule has 1 unspecified atom stereocenters. The monoisotopic (exact) mass is 234 g/mol. The van der Waals surface area contributed by atoms with Gasteiger partial charge in [-0.3, -0.25) is 0 Å².